The van der Waals surface area contributed by atoms with E-state index in [0.717, 1.165) is 0 Å². The van der Waals surface area contributed by atoms with Gasteiger partial charge in [-0.25, -0.2) is 13.8 Å². The van der Waals surface area contributed by atoms with Crippen molar-refractivity contribution in [2.24, 2.45) is 15.9 Å². The summed E-state index contributed by atoms with van der Waals surface area (Å²) in [7, 11) is 0. The number of alkyl halides is 1. The molecule has 0 saturated carbocycles. The average Bonchev–Trinajstić information content (AvgIpc) is 3.20. The summed E-state index contributed by atoms with van der Waals surface area (Å²) in [6.45, 7) is 3.90. The maximum atomic E-state index is 14.4. The van der Waals surface area contributed by atoms with Gasteiger partial charge < -0.3 is 15.6 Å². The number of hydrazine groups is 1. The summed E-state index contributed by atoms with van der Waals surface area (Å²) in [5.41, 5.74) is 9.22. The monoisotopic (exact) mass is 536 g/mol. The second-order valence-corrected chi connectivity index (χ2v) is 8.10. The summed E-state index contributed by atoms with van der Waals surface area (Å²) >= 11 is 3.25. The maximum absolute atomic E-state index is 14.4. The minimum Gasteiger partial charge on any atom is -0.482 e. The lowest BCUT2D eigenvalue weighted by Crippen LogP contribution is -2.39. The lowest BCUT2D eigenvalue weighted by molar-refractivity contribution is 0.225. The van der Waals surface area contributed by atoms with E-state index >= 15 is 0 Å². The van der Waals surface area contributed by atoms with Crippen LogP contribution in [0.2, 0.25) is 0 Å². The third-order valence-corrected chi connectivity index (χ3v) is 5.33. The first-order chi connectivity index (χ1) is 16.3. The fourth-order valence-electron chi connectivity index (χ4n) is 3.33. The molecule has 1 aromatic carbocycles. The lowest BCUT2D eigenvalue weighted by Gasteiger charge is -2.29. The van der Waals surface area contributed by atoms with E-state index in [1.54, 1.807) is 6.92 Å². The molecule has 0 radical (unpaired) electrons. The Balaban J connectivity index is 1.99. The van der Waals surface area contributed by atoms with Crippen LogP contribution in [-0.4, -0.2) is 35.2 Å². The average molecular weight is 537 g/mol. The number of benzene rings is 1. The SMILES string of the molecule is CCN=CC(=CN)C(O)C1=CC(F)NN1c1ccc(F)cc1C(C)Oc1cc(Br)cnc1N=O. The molecule has 3 atom stereocenters. The van der Waals surface area contributed by atoms with Crippen LogP contribution in [0.15, 0.2) is 68.7 Å². The van der Waals surface area contributed by atoms with Crippen LogP contribution in [0.4, 0.5) is 20.3 Å². The molecule has 0 aliphatic carbocycles. The number of hydrogen-bond acceptors (Lipinski definition) is 9. The molecular weight excluding hydrogens is 514 g/mol. The fourth-order valence-corrected chi connectivity index (χ4v) is 3.64. The largest absolute Gasteiger partial charge is 0.482 e. The van der Waals surface area contributed by atoms with Crippen LogP contribution in [0.25, 0.3) is 0 Å². The van der Waals surface area contributed by atoms with Gasteiger partial charge in [-0.2, -0.15) is 5.43 Å². The number of aliphatic imine (C=N–C) groups is 1. The van der Waals surface area contributed by atoms with Crippen molar-refractivity contribution in [3.05, 3.63) is 74.8 Å². The van der Waals surface area contributed by atoms with Crippen molar-refractivity contribution in [3.63, 3.8) is 0 Å². The van der Waals surface area contributed by atoms with E-state index in [2.05, 4.69) is 36.5 Å². The number of aliphatic hydroxyl groups is 1. The normalized spacial score (nSPS) is 18.2. The fraction of sp³-hybridized carbons (Fsp3) is 0.273. The van der Waals surface area contributed by atoms with Crippen molar-refractivity contribution in [3.8, 4) is 5.75 Å². The number of nitroso groups, excluding NO2 is 1. The van der Waals surface area contributed by atoms with Crippen LogP contribution in [0.3, 0.4) is 0 Å². The van der Waals surface area contributed by atoms with Gasteiger partial charge >= 0.3 is 0 Å². The molecule has 180 valence electrons. The highest BCUT2D eigenvalue weighted by molar-refractivity contribution is 9.10. The molecule has 1 aromatic heterocycles. The second kappa shape index (κ2) is 11.3. The minimum absolute atomic E-state index is 0.0739. The Morgan fingerprint density at radius 3 is 2.91 bits per heavy atom. The zero-order valence-electron chi connectivity index (χ0n) is 18.3. The highest BCUT2D eigenvalue weighted by atomic mass is 79.9. The van der Waals surface area contributed by atoms with E-state index in [9.17, 15) is 18.8 Å². The first-order valence-electron chi connectivity index (χ1n) is 10.3. The smallest absolute Gasteiger partial charge is 0.239 e. The number of halogens is 3. The summed E-state index contributed by atoms with van der Waals surface area (Å²) in [5.74, 6) is -0.667. The van der Waals surface area contributed by atoms with Crippen molar-refractivity contribution in [1.82, 2.24) is 10.4 Å². The van der Waals surface area contributed by atoms with Crippen LogP contribution in [0.5, 0.6) is 5.75 Å². The minimum atomic E-state index is -1.62. The summed E-state index contributed by atoms with van der Waals surface area (Å²) in [4.78, 5) is 19.1. The van der Waals surface area contributed by atoms with Gasteiger partial charge in [-0.15, -0.1) is 4.91 Å². The molecule has 34 heavy (non-hydrogen) atoms. The van der Waals surface area contributed by atoms with E-state index in [4.69, 9.17) is 10.5 Å². The van der Waals surface area contributed by atoms with Crippen molar-refractivity contribution in [2.75, 3.05) is 11.6 Å². The van der Waals surface area contributed by atoms with Crippen molar-refractivity contribution in [2.45, 2.75) is 32.4 Å². The molecule has 0 fully saturated rings. The maximum Gasteiger partial charge on any atom is 0.239 e. The number of ether oxygens (including phenoxy) is 1. The molecule has 0 saturated heterocycles. The molecule has 12 heteroatoms. The number of hydrogen-bond donors (Lipinski definition) is 3. The number of pyridine rings is 1. The van der Waals surface area contributed by atoms with Gasteiger partial charge in [0.25, 0.3) is 0 Å². The molecule has 0 amide bonds. The molecular formula is C22H23BrF2N6O3. The second-order valence-electron chi connectivity index (χ2n) is 7.18. The molecule has 1 aliphatic heterocycles. The first-order valence-corrected chi connectivity index (χ1v) is 11.0. The highest BCUT2D eigenvalue weighted by Gasteiger charge is 2.32. The predicted molar refractivity (Wildman–Crippen MR) is 129 cm³/mol. The van der Waals surface area contributed by atoms with Gasteiger partial charge in [0.2, 0.25) is 5.82 Å². The number of nitrogens with two attached hydrogens (primary N) is 1. The third-order valence-electron chi connectivity index (χ3n) is 4.90. The Labute approximate surface area is 203 Å². The Morgan fingerprint density at radius 1 is 1.47 bits per heavy atom. The topological polar surface area (TPSA) is 125 Å². The zero-order chi connectivity index (χ0) is 24.8. The number of nitrogens with one attached hydrogen (secondary N) is 1. The van der Waals surface area contributed by atoms with E-state index in [1.807, 2.05) is 6.92 Å². The van der Waals surface area contributed by atoms with Crippen molar-refractivity contribution in [1.29, 1.82) is 0 Å². The molecule has 2 aromatic rings. The summed E-state index contributed by atoms with van der Waals surface area (Å²) in [5, 5.41) is 15.0. The van der Waals surface area contributed by atoms with Crippen LogP contribution >= 0.6 is 15.9 Å². The Hall–Kier alpha value is -3.22. The summed E-state index contributed by atoms with van der Waals surface area (Å²) in [6.07, 6.45) is 1.39. The van der Waals surface area contributed by atoms with Gasteiger partial charge in [-0.3, -0.25) is 10.0 Å². The van der Waals surface area contributed by atoms with E-state index < -0.39 is 24.3 Å². The molecule has 2 heterocycles. The Kier molecular flexibility index (Phi) is 8.42. The van der Waals surface area contributed by atoms with Gasteiger partial charge in [-0.05, 0) is 65.3 Å². The van der Waals surface area contributed by atoms with E-state index in [1.165, 1.54) is 54.0 Å². The zero-order valence-corrected chi connectivity index (χ0v) is 19.9. The number of anilines is 1. The van der Waals surface area contributed by atoms with E-state index in [-0.39, 0.29) is 22.8 Å². The van der Waals surface area contributed by atoms with Crippen LogP contribution < -0.4 is 20.9 Å². The van der Waals surface area contributed by atoms with Crippen molar-refractivity contribution >= 4 is 33.6 Å². The van der Waals surface area contributed by atoms with E-state index in [0.29, 0.717) is 22.3 Å². The van der Waals surface area contributed by atoms with Gasteiger partial charge in [0.15, 0.2) is 12.0 Å². The Morgan fingerprint density at radius 2 is 2.24 bits per heavy atom. The summed E-state index contributed by atoms with van der Waals surface area (Å²) in [6, 6.07) is 5.33. The van der Waals surface area contributed by atoms with Gasteiger partial charge in [0.05, 0.1) is 11.4 Å². The van der Waals surface area contributed by atoms with Gasteiger partial charge in [0, 0.05) is 40.8 Å². The van der Waals surface area contributed by atoms with Crippen LogP contribution in [0.1, 0.15) is 25.5 Å². The quantitative estimate of drug-likeness (QED) is 0.247. The number of rotatable bonds is 9. The lowest BCUT2D eigenvalue weighted by atomic mass is 10.0. The number of nitrogens with zero attached hydrogens (tertiary/aromatic N) is 4. The molecule has 9 nitrogen and oxygen atoms in total. The third kappa shape index (κ3) is 5.64. The number of aromatic nitrogens is 1. The van der Waals surface area contributed by atoms with Crippen LogP contribution in [0, 0.1) is 10.7 Å². The molecule has 1 aliphatic rings. The molecule has 3 unspecified atom stereocenters. The van der Waals surface area contributed by atoms with Gasteiger partial charge in [0.1, 0.15) is 18.0 Å². The predicted octanol–water partition coefficient (Wildman–Crippen LogP) is 4.32. The molecule has 0 bridgehead atoms. The standard InChI is InChI=1S/C22H23BrF2N6O3/c1-3-27-10-13(9-26)21(32)18-8-20(25)29-31(18)17-5-4-15(24)7-16(17)12(2)34-19-6-14(23)11-28-22(19)30-33/h4-12,20-21,29,32H,3,26H2,1-2H3. The summed E-state index contributed by atoms with van der Waals surface area (Å²) < 4.78 is 35.0. The highest BCUT2D eigenvalue weighted by Crippen LogP contribution is 2.37. The molecule has 4 N–H and O–H groups in total. The molecule has 3 rings (SSSR count). The van der Waals surface area contributed by atoms with Crippen molar-refractivity contribution < 1.29 is 18.6 Å². The van der Waals surface area contributed by atoms with Gasteiger partial charge in [-0.1, -0.05) is 0 Å². The molecule has 0 spiro atoms. The first kappa shape index (κ1) is 25.4. The Bertz CT molecular complexity index is 1140. The van der Waals surface area contributed by atoms with Crippen LogP contribution in [-0.2, 0) is 0 Å². The number of aliphatic hydroxyl groups excluding tert-OH is 1.